The Kier molecular flexibility index (Phi) is 30.2. The number of carboxylic acids is 1. The van der Waals surface area contributed by atoms with Gasteiger partial charge in [0.05, 0.1) is 0 Å². The van der Waals surface area contributed by atoms with E-state index < -0.39 is 5.97 Å². The molecule has 0 aromatic carbocycles. The molecule has 0 aliphatic carbocycles. The Labute approximate surface area is 243 Å². The summed E-state index contributed by atoms with van der Waals surface area (Å²) in [5.74, 6) is -0.718. The van der Waals surface area contributed by atoms with Gasteiger partial charge in [0.1, 0.15) is 6.10 Å². The van der Waals surface area contributed by atoms with Crippen molar-refractivity contribution in [3.8, 4) is 0 Å². The van der Waals surface area contributed by atoms with E-state index >= 15 is 0 Å². The molecule has 0 rings (SSSR count). The van der Waals surface area contributed by atoms with Crippen molar-refractivity contribution in [2.24, 2.45) is 0 Å². The summed E-state index contributed by atoms with van der Waals surface area (Å²) in [5, 5.41) is 8.77. The van der Waals surface area contributed by atoms with E-state index in [-0.39, 0.29) is 18.5 Å². The monoisotopic (exact) mass is 550 g/mol. The van der Waals surface area contributed by atoms with Crippen molar-refractivity contribution in [3.63, 3.8) is 0 Å². The molecule has 0 bridgehead atoms. The highest BCUT2D eigenvalue weighted by atomic mass is 16.5. The van der Waals surface area contributed by atoms with Gasteiger partial charge >= 0.3 is 11.9 Å². The summed E-state index contributed by atoms with van der Waals surface area (Å²) in [6.07, 6.45) is 36.4. The molecule has 0 amide bonds. The first kappa shape index (κ1) is 37.7. The van der Waals surface area contributed by atoms with E-state index in [4.69, 9.17) is 9.84 Å². The van der Waals surface area contributed by atoms with Crippen LogP contribution in [0.1, 0.15) is 194 Å². The van der Waals surface area contributed by atoms with E-state index in [0.29, 0.717) is 6.42 Å². The summed E-state index contributed by atoms with van der Waals surface area (Å²) in [4.78, 5) is 23.2. The number of carboxylic acid groups (broad SMARTS) is 1. The van der Waals surface area contributed by atoms with Gasteiger partial charge in [0, 0.05) is 12.8 Å². The fraction of sp³-hybridized carbons (Fsp3) is 0.886. The summed E-state index contributed by atoms with van der Waals surface area (Å²) < 4.78 is 5.94. The normalized spacial score (nSPS) is 12.3. The topological polar surface area (TPSA) is 63.6 Å². The average molecular weight is 551 g/mol. The maximum Gasteiger partial charge on any atom is 0.306 e. The highest BCUT2D eigenvalue weighted by Gasteiger charge is 2.14. The van der Waals surface area contributed by atoms with Crippen molar-refractivity contribution >= 4 is 11.9 Å². The van der Waals surface area contributed by atoms with Gasteiger partial charge in [0.2, 0.25) is 0 Å². The smallest absolute Gasteiger partial charge is 0.306 e. The van der Waals surface area contributed by atoms with Gasteiger partial charge in [-0.2, -0.15) is 0 Å². The van der Waals surface area contributed by atoms with Crippen LogP contribution in [-0.2, 0) is 14.3 Å². The van der Waals surface area contributed by atoms with Crippen molar-refractivity contribution in [1.29, 1.82) is 0 Å². The maximum absolute atomic E-state index is 12.5. The lowest BCUT2D eigenvalue weighted by molar-refractivity contribution is -0.150. The molecule has 4 nitrogen and oxygen atoms in total. The molecule has 0 radical (unpaired) electrons. The first-order valence-electron chi connectivity index (χ1n) is 17.2. The molecule has 0 saturated carbocycles. The van der Waals surface area contributed by atoms with Crippen LogP contribution in [0.3, 0.4) is 0 Å². The van der Waals surface area contributed by atoms with E-state index in [1.165, 1.54) is 96.3 Å². The van der Waals surface area contributed by atoms with Crippen molar-refractivity contribution in [2.75, 3.05) is 0 Å². The summed E-state index contributed by atoms with van der Waals surface area (Å²) in [6.45, 7) is 4.52. The highest BCUT2D eigenvalue weighted by molar-refractivity contribution is 5.69. The van der Waals surface area contributed by atoms with Crippen LogP contribution in [0.25, 0.3) is 0 Å². The van der Waals surface area contributed by atoms with Gasteiger partial charge in [-0.05, 0) is 57.8 Å². The lowest BCUT2D eigenvalue weighted by atomic mass is 10.0. The van der Waals surface area contributed by atoms with Crippen LogP contribution in [-0.4, -0.2) is 23.1 Å². The fourth-order valence-electron chi connectivity index (χ4n) is 5.18. The molecule has 0 fully saturated rings. The largest absolute Gasteiger partial charge is 0.481 e. The molecule has 4 heteroatoms. The molecule has 230 valence electrons. The minimum atomic E-state index is -0.703. The van der Waals surface area contributed by atoms with Gasteiger partial charge in [0.15, 0.2) is 0 Å². The average Bonchev–Trinajstić information content (AvgIpc) is 2.91. The molecular weight excluding hydrogens is 484 g/mol. The molecule has 0 saturated heterocycles. The van der Waals surface area contributed by atoms with Gasteiger partial charge in [-0.15, -0.1) is 0 Å². The second-order valence-corrected chi connectivity index (χ2v) is 11.7. The molecule has 1 atom stereocenters. The third-order valence-electron chi connectivity index (χ3n) is 7.74. The van der Waals surface area contributed by atoms with E-state index in [9.17, 15) is 9.59 Å². The second-order valence-electron chi connectivity index (χ2n) is 11.7. The number of ether oxygens (including phenoxy) is 1. The Morgan fingerprint density at radius 2 is 0.949 bits per heavy atom. The van der Waals surface area contributed by atoms with E-state index in [2.05, 4.69) is 26.0 Å². The minimum absolute atomic E-state index is 0.0142. The standard InChI is InChI=1S/C35H66O4/c1-3-5-7-9-11-13-15-16-18-21-25-29-33(30-26-22-20-23-27-31-34(36)37)39-35(38)32-28-24-19-17-14-12-10-8-6-4-2/h16,18,33H,3-15,17,19-32H2,1-2H3,(H,36,37)/b18-16-. The lowest BCUT2D eigenvalue weighted by Crippen LogP contribution is -2.18. The van der Waals surface area contributed by atoms with Crippen LogP contribution in [0.2, 0.25) is 0 Å². The first-order chi connectivity index (χ1) is 19.1. The molecule has 1 unspecified atom stereocenters. The number of allylic oxidation sites excluding steroid dienone is 2. The molecule has 0 aromatic rings. The maximum atomic E-state index is 12.5. The van der Waals surface area contributed by atoms with Crippen LogP contribution in [0.5, 0.6) is 0 Å². The lowest BCUT2D eigenvalue weighted by Gasteiger charge is -2.18. The van der Waals surface area contributed by atoms with Gasteiger partial charge in [-0.1, -0.05) is 135 Å². The van der Waals surface area contributed by atoms with Crippen LogP contribution < -0.4 is 0 Å². The third kappa shape index (κ3) is 31.1. The second kappa shape index (κ2) is 31.2. The van der Waals surface area contributed by atoms with Gasteiger partial charge in [0.25, 0.3) is 0 Å². The van der Waals surface area contributed by atoms with Gasteiger partial charge in [-0.3, -0.25) is 9.59 Å². The number of carbonyl (C=O) groups excluding carboxylic acids is 1. The molecule has 39 heavy (non-hydrogen) atoms. The molecule has 0 aromatic heterocycles. The van der Waals surface area contributed by atoms with E-state index in [1.54, 1.807) is 0 Å². The van der Waals surface area contributed by atoms with Crippen LogP contribution in [0.15, 0.2) is 12.2 Å². The summed E-state index contributed by atoms with van der Waals surface area (Å²) in [5.41, 5.74) is 0. The molecular formula is C35H66O4. The van der Waals surface area contributed by atoms with Crippen LogP contribution in [0.4, 0.5) is 0 Å². The van der Waals surface area contributed by atoms with Crippen molar-refractivity contribution in [3.05, 3.63) is 12.2 Å². The predicted octanol–water partition coefficient (Wildman–Crippen LogP) is 11.5. The number of aliphatic carboxylic acids is 1. The first-order valence-corrected chi connectivity index (χ1v) is 17.2. The highest BCUT2D eigenvalue weighted by Crippen LogP contribution is 2.18. The SMILES string of the molecule is CCCCCCCC/C=C\CCCC(CCCCCCCC(=O)O)OC(=O)CCCCCCCCCCCC. The van der Waals surface area contributed by atoms with E-state index in [1.807, 2.05) is 0 Å². The Bertz CT molecular complexity index is 557. The van der Waals surface area contributed by atoms with Gasteiger partial charge in [-0.25, -0.2) is 0 Å². The molecule has 0 aliphatic heterocycles. The Hall–Kier alpha value is -1.32. The molecule has 0 spiro atoms. The predicted molar refractivity (Wildman–Crippen MR) is 167 cm³/mol. The molecule has 0 aliphatic rings. The van der Waals surface area contributed by atoms with E-state index in [0.717, 1.165) is 70.6 Å². The van der Waals surface area contributed by atoms with Crippen LogP contribution in [0, 0.1) is 0 Å². The van der Waals surface area contributed by atoms with Crippen molar-refractivity contribution < 1.29 is 19.4 Å². The number of esters is 1. The number of hydrogen-bond donors (Lipinski definition) is 1. The fourth-order valence-corrected chi connectivity index (χ4v) is 5.18. The summed E-state index contributed by atoms with van der Waals surface area (Å²) in [7, 11) is 0. The van der Waals surface area contributed by atoms with Crippen molar-refractivity contribution in [2.45, 2.75) is 200 Å². The number of unbranched alkanes of at least 4 members (excludes halogenated alkanes) is 20. The minimum Gasteiger partial charge on any atom is -0.481 e. The van der Waals surface area contributed by atoms with Crippen molar-refractivity contribution in [1.82, 2.24) is 0 Å². The quantitative estimate of drug-likeness (QED) is 0.0529. The molecule has 0 heterocycles. The molecule has 1 N–H and O–H groups in total. The Morgan fingerprint density at radius 1 is 0.538 bits per heavy atom. The van der Waals surface area contributed by atoms with Crippen LogP contribution >= 0.6 is 0 Å². The summed E-state index contributed by atoms with van der Waals surface area (Å²) in [6, 6.07) is 0. The zero-order chi connectivity index (χ0) is 28.7. The number of carbonyl (C=O) groups is 2. The zero-order valence-electron chi connectivity index (χ0n) is 26.2. The summed E-state index contributed by atoms with van der Waals surface area (Å²) >= 11 is 0. The Morgan fingerprint density at radius 3 is 1.49 bits per heavy atom. The third-order valence-corrected chi connectivity index (χ3v) is 7.74. The number of hydrogen-bond acceptors (Lipinski definition) is 3. The number of rotatable bonds is 31. The zero-order valence-corrected chi connectivity index (χ0v) is 26.2. The van der Waals surface area contributed by atoms with Gasteiger partial charge < -0.3 is 9.84 Å². The Balaban J connectivity index is 4.11.